The fourth-order valence-electron chi connectivity index (χ4n) is 1.30. The normalized spacial score (nSPS) is 10.8. The Morgan fingerprint density at radius 2 is 2.06 bits per heavy atom. The first-order chi connectivity index (χ1) is 7.65. The van der Waals surface area contributed by atoms with Crippen molar-refractivity contribution in [3.63, 3.8) is 0 Å². The second-order valence-electron chi connectivity index (χ2n) is 3.70. The van der Waals surface area contributed by atoms with E-state index in [2.05, 4.69) is 15.9 Å². The Balaban J connectivity index is 2.52. The molecule has 0 unspecified atom stereocenters. The largest absolute Gasteiger partial charge is 0.490 e. The predicted molar refractivity (Wildman–Crippen MR) is 68.6 cm³/mol. The smallest absolute Gasteiger partial charge is 0.138 e. The maximum absolute atomic E-state index is 5.66. The van der Waals surface area contributed by atoms with E-state index in [1.807, 2.05) is 32.0 Å². The maximum Gasteiger partial charge on any atom is 0.138 e. The molecule has 0 fully saturated rings. The van der Waals surface area contributed by atoms with Gasteiger partial charge in [-0.3, -0.25) is 0 Å². The molecule has 0 saturated heterocycles. The molecular weight excluding hydrogens is 270 g/mol. The van der Waals surface area contributed by atoms with Crippen molar-refractivity contribution < 1.29 is 9.47 Å². The zero-order valence-corrected chi connectivity index (χ0v) is 11.3. The molecule has 16 heavy (non-hydrogen) atoms. The van der Waals surface area contributed by atoms with Crippen LogP contribution in [0.4, 0.5) is 0 Å². The molecule has 90 valence electrons. The van der Waals surface area contributed by atoms with Gasteiger partial charge >= 0.3 is 0 Å². The molecule has 0 aliphatic heterocycles. The molecule has 3 nitrogen and oxygen atoms in total. The van der Waals surface area contributed by atoms with E-state index in [-0.39, 0.29) is 6.10 Å². The second-order valence-corrected chi connectivity index (χ2v) is 4.55. The number of para-hydroxylation sites is 1. The summed E-state index contributed by atoms with van der Waals surface area (Å²) in [5, 5.41) is 0. The van der Waals surface area contributed by atoms with Gasteiger partial charge in [0.1, 0.15) is 12.4 Å². The van der Waals surface area contributed by atoms with Crippen molar-refractivity contribution in [3.05, 3.63) is 28.2 Å². The van der Waals surface area contributed by atoms with Crippen LogP contribution in [0.5, 0.6) is 5.75 Å². The van der Waals surface area contributed by atoms with E-state index in [0.29, 0.717) is 19.8 Å². The summed E-state index contributed by atoms with van der Waals surface area (Å²) in [4.78, 5) is 0. The van der Waals surface area contributed by atoms with Crippen molar-refractivity contribution in [2.24, 2.45) is 5.73 Å². The van der Waals surface area contributed by atoms with Crippen LogP contribution in [-0.2, 0) is 11.3 Å². The van der Waals surface area contributed by atoms with Gasteiger partial charge in [-0.2, -0.15) is 0 Å². The molecule has 0 aromatic heterocycles. The summed E-state index contributed by atoms with van der Waals surface area (Å²) in [5.41, 5.74) is 6.64. The Morgan fingerprint density at radius 3 is 2.69 bits per heavy atom. The molecule has 1 aromatic rings. The lowest BCUT2D eigenvalue weighted by Crippen LogP contribution is -2.12. The number of hydrogen-bond donors (Lipinski definition) is 1. The zero-order valence-electron chi connectivity index (χ0n) is 9.70. The van der Waals surface area contributed by atoms with Gasteiger partial charge < -0.3 is 15.2 Å². The Hall–Kier alpha value is -0.580. The van der Waals surface area contributed by atoms with Crippen LogP contribution in [0.1, 0.15) is 19.4 Å². The molecule has 0 aliphatic carbocycles. The fourth-order valence-corrected chi connectivity index (χ4v) is 1.83. The van der Waals surface area contributed by atoms with E-state index in [1.165, 1.54) is 0 Å². The highest BCUT2D eigenvalue weighted by Crippen LogP contribution is 2.28. The standard InChI is InChI=1S/C12H18BrNO2/c1-9(2)15-6-7-16-12-10(8-14)4-3-5-11(12)13/h3-5,9H,6-8,14H2,1-2H3. The molecule has 0 heterocycles. The van der Waals surface area contributed by atoms with E-state index >= 15 is 0 Å². The Labute approximate surface area is 105 Å². The van der Waals surface area contributed by atoms with Gasteiger partial charge in [0.2, 0.25) is 0 Å². The van der Waals surface area contributed by atoms with Crippen LogP contribution < -0.4 is 10.5 Å². The van der Waals surface area contributed by atoms with Crippen LogP contribution in [-0.4, -0.2) is 19.3 Å². The summed E-state index contributed by atoms with van der Waals surface area (Å²) in [7, 11) is 0. The number of halogens is 1. The number of rotatable bonds is 6. The van der Waals surface area contributed by atoms with Gasteiger partial charge in [-0.15, -0.1) is 0 Å². The van der Waals surface area contributed by atoms with E-state index in [0.717, 1.165) is 15.8 Å². The number of benzene rings is 1. The van der Waals surface area contributed by atoms with Crippen molar-refractivity contribution in [2.45, 2.75) is 26.5 Å². The molecule has 1 rings (SSSR count). The summed E-state index contributed by atoms with van der Waals surface area (Å²) in [6.07, 6.45) is 0.233. The van der Waals surface area contributed by atoms with Gasteiger partial charge in [0.05, 0.1) is 17.2 Å². The van der Waals surface area contributed by atoms with Crippen LogP contribution >= 0.6 is 15.9 Å². The molecule has 0 atom stereocenters. The summed E-state index contributed by atoms with van der Waals surface area (Å²) < 4.78 is 12.0. The van der Waals surface area contributed by atoms with Crippen LogP contribution in [0, 0.1) is 0 Å². The fraction of sp³-hybridized carbons (Fsp3) is 0.500. The highest BCUT2D eigenvalue weighted by atomic mass is 79.9. The summed E-state index contributed by atoms with van der Waals surface area (Å²) in [5.74, 6) is 0.817. The molecule has 4 heteroatoms. The summed E-state index contributed by atoms with van der Waals surface area (Å²) >= 11 is 3.45. The average molecular weight is 288 g/mol. The van der Waals surface area contributed by atoms with Crippen molar-refractivity contribution in [1.29, 1.82) is 0 Å². The van der Waals surface area contributed by atoms with Crippen LogP contribution in [0.15, 0.2) is 22.7 Å². The van der Waals surface area contributed by atoms with Crippen molar-refractivity contribution in [2.75, 3.05) is 13.2 Å². The number of ether oxygens (including phenoxy) is 2. The second kappa shape index (κ2) is 6.89. The number of hydrogen-bond acceptors (Lipinski definition) is 3. The Kier molecular flexibility index (Phi) is 5.80. The minimum atomic E-state index is 0.233. The molecule has 2 N–H and O–H groups in total. The molecule has 0 spiro atoms. The van der Waals surface area contributed by atoms with E-state index in [9.17, 15) is 0 Å². The monoisotopic (exact) mass is 287 g/mol. The molecule has 0 radical (unpaired) electrons. The highest BCUT2D eigenvalue weighted by molar-refractivity contribution is 9.10. The quantitative estimate of drug-likeness (QED) is 0.819. The lowest BCUT2D eigenvalue weighted by molar-refractivity contribution is 0.0549. The minimum Gasteiger partial charge on any atom is -0.490 e. The first-order valence-corrected chi connectivity index (χ1v) is 6.16. The van der Waals surface area contributed by atoms with E-state index < -0.39 is 0 Å². The molecule has 0 bridgehead atoms. The molecular formula is C12H18BrNO2. The van der Waals surface area contributed by atoms with Crippen LogP contribution in [0.25, 0.3) is 0 Å². The first kappa shape index (κ1) is 13.5. The minimum absolute atomic E-state index is 0.233. The lowest BCUT2D eigenvalue weighted by Gasteiger charge is -2.13. The lowest BCUT2D eigenvalue weighted by atomic mass is 10.2. The molecule has 0 aliphatic rings. The van der Waals surface area contributed by atoms with Crippen molar-refractivity contribution in [3.8, 4) is 5.75 Å². The van der Waals surface area contributed by atoms with Gasteiger partial charge in [-0.05, 0) is 35.8 Å². The van der Waals surface area contributed by atoms with Gasteiger partial charge in [-0.1, -0.05) is 12.1 Å². The number of nitrogens with two attached hydrogens (primary N) is 1. The van der Waals surface area contributed by atoms with Crippen LogP contribution in [0.3, 0.4) is 0 Å². The first-order valence-electron chi connectivity index (χ1n) is 5.37. The SMILES string of the molecule is CC(C)OCCOc1c(Br)cccc1CN. The predicted octanol–water partition coefficient (Wildman–Crippen LogP) is 2.71. The van der Waals surface area contributed by atoms with Crippen molar-refractivity contribution in [1.82, 2.24) is 0 Å². The van der Waals surface area contributed by atoms with Gasteiger partial charge in [0, 0.05) is 12.1 Å². The summed E-state index contributed by atoms with van der Waals surface area (Å²) in [6, 6.07) is 5.85. The van der Waals surface area contributed by atoms with Crippen LogP contribution in [0.2, 0.25) is 0 Å². The highest BCUT2D eigenvalue weighted by Gasteiger charge is 2.06. The van der Waals surface area contributed by atoms with E-state index in [4.69, 9.17) is 15.2 Å². The Morgan fingerprint density at radius 1 is 1.31 bits per heavy atom. The Bertz CT molecular complexity index is 329. The molecule has 0 amide bonds. The van der Waals surface area contributed by atoms with Gasteiger partial charge in [-0.25, -0.2) is 0 Å². The third kappa shape index (κ3) is 4.12. The third-order valence-corrected chi connectivity index (χ3v) is 2.67. The third-order valence-electron chi connectivity index (χ3n) is 2.05. The average Bonchev–Trinajstić information content (AvgIpc) is 2.25. The van der Waals surface area contributed by atoms with E-state index in [1.54, 1.807) is 0 Å². The zero-order chi connectivity index (χ0) is 12.0. The van der Waals surface area contributed by atoms with Gasteiger partial charge in [0.25, 0.3) is 0 Å². The summed E-state index contributed by atoms with van der Waals surface area (Å²) in [6.45, 7) is 5.60. The molecule has 1 aromatic carbocycles. The topological polar surface area (TPSA) is 44.5 Å². The van der Waals surface area contributed by atoms with Gasteiger partial charge in [0.15, 0.2) is 0 Å². The maximum atomic E-state index is 5.66. The molecule has 0 saturated carbocycles. The van der Waals surface area contributed by atoms with Crippen molar-refractivity contribution >= 4 is 15.9 Å².